The second-order valence-electron chi connectivity index (χ2n) is 8.26. The molecule has 0 spiro atoms. The number of fused-ring (bicyclic) bond motifs is 4. The van der Waals surface area contributed by atoms with Crippen LogP contribution in [0.3, 0.4) is 0 Å². The Kier molecular flexibility index (Phi) is 5.87. The van der Waals surface area contributed by atoms with Crippen LogP contribution in [0.1, 0.15) is 39.0 Å². The summed E-state index contributed by atoms with van der Waals surface area (Å²) >= 11 is 0. The highest BCUT2D eigenvalue weighted by molar-refractivity contribution is 6.02. The van der Waals surface area contributed by atoms with Gasteiger partial charge in [-0.2, -0.15) is 0 Å². The average Bonchev–Trinajstić information content (AvgIpc) is 2.78. The Morgan fingerprint density at radius 1 is 1.13 bits per heavy atom. The predicted octanol–water partition coefficient (Wildman–Crippen LogP) is 2.22. The Labute approximate surface area is 182 Å². The molecule has 0 radical (unpaired) electrons. The van der Waals surface area contributed by atoms with Crippen molar-refractivity contribution in [2.24, 2.45) is 0 Å². The molecule has 164 valence electrons. The van der Waals surface area contributed by atoms with Gasteiger partial charge in [0.25, 0.3) is 5.91 Å². The van der Waals surface area contributed by atoms with Crippen molar-refractivity contribution >= 4 is 11.8 Å². The highest BCUT2D eigenvalue weighted by Gasteiger charge is 2.46. The van der Waals surface area contributed by atoms with Crippen LogP contribution in [0.15, 0.2) is 36.4 Å². The van der Waals surface area contributed by atoms with Gasteiger partial charge in [0, 0.05) is 25.2 Å². The van der Waals surface area contributed by atoms with Crippen molar-refractivity contribution in [1.29, 1.82) is 0 Å². The summed E-state index contributed by atoms with van der Waals surface area (Å²) in [7, 11) is 7.04. The number of nitrogens with one attached hydrogen (secondary N) is 1. The Balaban J connectivity index is 1.84. The van der Waals surface area contributed by atoms with Crippen LogP contribution < -0.4 is 14.8 Å². The van der Waals surface area contributed by atoms with Gasteiger partial charge in [-0.1, -0.05) is 24.3 Å². The summed E-state index contributed by atoms with van der Waals surface area (Å²) in [6, 6.07) is 11.2. The molecule has 0 aromatic heterocycles. The molecular formula is C24H29N3O4. The standard InChI is InChI=1S/C24H29N3O4/c1-26(2)12-10-25-23(28)21-17-13-19(30-3)20(31-4)14-18(17)24(29)27-11-9-15-7-5-6-8-16(15)22(21)27/h5-8,13-14,21-22H,9-12H2,1-4H3,(H,25,28)/t21-,22+/m0/s1. The fourth-order valence-corrected chi connectivity index (χ4v) is 4.64. The van der Waals surface area contributed by atoms with Crippen LogP contribution in [0.25, 0.3) is 0 Å². The minimum Gasteiger partial charge on any atom is -0.493 e. The smallest absolute Gasteiger partial charge is 0.254 e. The van der Waals surface area contributed by atoms with Crippen LogP contribution >= 0.6 is 0 Å². The van der Waals surface area contributed by atoms with Gasteiger partial charge < -0.3 is 24.6 Å². The van der Waals surface area contributed by atoms with Crippen molar-refractivity contribution in [1.82, 2.24) is 15.1 Å². The molecule has 0 saturated heterocycles. The lowest BCUT2D eigenvalue weighted by atomic mass is 9.75. The number of amides is 2. The number of rotatable bonds is 6. The summed E-state index contributed by atoms with van der Waals surface area (Å²) in [6.07, 6.45) is 0.774. The molecule has 2 aliphatic heterocycles. The van der Waals surface area contributed by atoms with E-state index in [0.29, 0.717) is 35.7 Å². The van der Waals surface area contributed by atoms with Gasteiger partial charge in [-0.3, -0.25) is 9.59 Å². The topological polar surface area (TPSA) is 71.1 Å². The molecule has 0 saturated carbocycles. The van der Waals surface area contributed by atoms with Crippen molar-refractivity contribution in [3.8, 4) is 11.5 Å². The van der Waals surface area contributed by atoms with E-state index in [2.05, 4.69) is 11.4 Å². The van der Waals surface area contributed by atoms with Gasteiger partial charge in [0.05, 0.1) is 26.2 Å². The first kappa shape index (κ1) is 21.2. The maximum absolute atomic E-state index is 13.5. The highest BCUT2D eigenvalue weighted by Crippen LogP contribution is 2.48. The van der Waals surface area contributed by atoms with E-state index in [-0.39, 0.29) is 17.9 Å². The lowest BCUT2D eigenvalue weighted by Crippen LogP contribution is -2.50. The van der Waals surface area contributed by atoms with Gasteiger partial charge in [-0.05, 0) is 49.3 Å². The van der Waals surface area contributed by atoms with Gasteiger partial charge >= 0.3 is 0 Å². The number of likely N-dealkylation sites (N-methyl/N-ethyl adjacent to an activating group) is 1. The number of benzene rings is 2. The van der Waals surface area contributed by atoms with Crippen molar-refractivity contribution in [3.63, 3.8) is 0 Å². The molecular weight excluding hydrogens is 394 g/mol. The number of hydrogen-bond acceptors (Lipinski definition) is 5. The molecule has 7 nitrogen and oxygen atoms in total. The van der Waals surface area contributed by atoms with E-state index < -0.39 is 5.92 Å². The first-order valence-electron chi connectivity index (χ1n) is 10.5. The number of methoxy groups -OCH3 is 2. The first-order valence-corrected chi connectivity index (χ1v) is 10.5. The third kappa shape index (κ3) is 3.74. The molecule has 0 unspecified atom stereocenters. The molecule has 2 atom stereocenters. The maximum Gasteiger partial charge on any atom is 0.254 e. The summed E-state index contributed by atoms with van der Waals surface area (Å²) in [5.41, 5.74) is 3.41. The second kappa shape index (κ2) is 8.59. The van der Waals surface area contributed by atoms with E-state index >= 15 is 0 Å². The molecule has 2 aliphatic rings. The molecule has 1 N–H and O–H groups in total. The van der Waals surface area contributed by atoms with E-state index in [9.17, 15) is 9.59 Å². The molecule has 0 fully saturated rings. The second-order valence-corrected chi connectivity index (χ2v) is 8.26. The minimum absolute atomic E-state index is 0.0761. The largest absolute Gasteiger partial charge is 0.493 e. The van der Waals surface area contributed by atoms with Crippen LogP contribution in [0.4, 0.5) is 0 Å². The molecule has 0 bridgehead atoms. The predicted molar refractivity (Wildman–Crippen MR) is 118 cm³/mol. The summed E-state index contributed by atoms with van der Waals surface area (Å²) < 4.78 is 10.9. The summed E-state index contributed by atoms with van der Waals surface area (Å²) in [5.74, 6) is 0.299. The van der Waals surface area contributed by atoms with Crippen LogP contribution in [0.2, 0.25) is 0 Å². The third-order valence-corrected chi connectivity index (χ3v) is 6.17. The normalized spacial score (nSPS) is 19.4. The number of nitrogens with zero attached hydrogens (tertiary/aromatic N) is 2. The van der Waals surface area contributed by atoms with E-state index in [0.717, 1.165) is 18.5 Å². The van der Waals surface area contributed by atoms with Gasteiger partial charge in [0.1, 0.15) is 0 Å². The first-order chi connectivity index (χ1) is 15.0. The monoisotopic (exact) mass is 423 g/mol. The molecule has 7 heteroatoms. The zero-order valence-corrected chi connectivity index (χ0v) is 18.5. The summed E-state index contributed by atoms with van der Waals surface area (Å²) in [6.45, 7) is 1.85. The Morgan fingerprint density at radius 2 is 1.84 bits per heavy atom. The minimum atomic E-state index is -0.531. The van der Waals surface area contributed by atoms with Crippen LogP contribution in [0, 0.1) is 0 Å². The van der Waals surface area contributed by atoms with Crippen molar-refractivity contribution in [3.05, 3.63) is 58.7 Å². The Hall–Kier alpha value is -3.06. The van der Waals surface area contributed by atoms with Gasteiger partial charge in [0.2, 0.25) is 5.91 Å². The molecule has 4 rings (SSSR count). The van der Waals surface area contributed by atoms with Gasteiger partial charge in [0.15, 0.2) is 11.5 Å². The van der Waals surface area contributed by atoms with Crippen LogP contribution in [0.5, 0.6) is 11.5 Å². The van der Waals surface area contributed by atoms with Crippen molar-refractivity contribution < 1.29 is 19.1 Å². The average molecular weight is 424 g/mol. The molecule has 31 heavy (non-hydrogen) atoms. The fourth-order valence-electron chi connectivity index (χ4n) is 4.64. The van der Waals surface area contributed by atoms with Gasteiger partial charge in [-0.25, -0.2) is 0 Å². The number of ether oxygens (including phenoxy) is 2. The molecule has 0 aliphatic carbocycles. The Morgan fingerprint density at radius 3 is 2.55 bits per heavy atom. The van der Waals surface area contributed by atoms with Gasteiger partial charge in [-0.15, -0.1) is 0 Å². The zero-order chi connectivity index (χ0) is 22.1. The van der Waals surface area contributed by atoms with E-state index in [1.807, 2.05) is 42.1 Å². The quantitative estimate of drug-likeness (QED) is 0.772. The summed E-state index contributed by atoms with van der Waals surface area (Å²) in [5, 5.41) is 3.08. The Bertz CT molecular complexity index is 1000. The molecule has 2 amide bonds. The van der Waals surface area contributed by atoms with E-state index in [4.69, 9.17) is 9.47 Å². The molecule has 2 aromatic rings. The fraction of sp³-hybridized carbons (Fsp3) is 0.417. The van der Waals surface area contributed by atoms with Crippen LogP contribution in [-0.4, -0.2) is 69.6 Å². The highest BCUT2D eigenvalue weighted by atomic mass is 16.5. The molecule has 2 aromatic carbocycles. The SMILES string of the molecule is COc1cc2c(cc1OC)[C@H](C(=O)NCCN(C)C)[C@H]1c3ccccc3CCN1C2=O. The van der Waals surface area contributed by atoms with E-state index in [1.54, 1.807) is 26.4 Å². The number of carbonyl (C=O) groups excluding carboxylic acids is 2. The molecule has 2 heterocycles. The third-order valence-electron chi connectivity index (χ3n) is 6.17. The number of carbonyl (C=O) groups is 2. The van der Waals surface area contributed by atoms with Crippen LogP contribution in [-0.2, 0) is 11.2 Å². The lowest BCUT2D eigenvalue weighted by molar-refractivity contribution is -0.124. The lowest BCUT2D eigenvalue weighted by Gasteiger charge is -2.45. The van der Waals surface area contributed by atoms with Crippen molar-refractivity contribution in [2.45, 2.75) is 18.4 Å². The zero-order valence-electron chi connectivity index (χ0n) is 18.5. The maximum atomic E-state index is 13.5. The number of hydrogen-bond donors (Lipinski definition) is 1. The van der Waals surface area contributed by atoms with E-state index in [1.165, 1.54) is 5.56 Å². The summed E-state index contributed by atoms with van der Waals surface area (Å²) in [4.78, 5) is 30.9. The van der Waals surface area contributed by atoms with Crippen molar-refractivity contribution in [2.75, 3.05) is 47.9 Å².